The Morgan fingerprint density at radius 3 is 2.08 bits per heavy atom. The van der Waals surface area contributed by atoms with Gasteiger partial charge in [0.2, 0.25) is 0 Å². The largest absolute Gasteiger partial charge is 0.292 e. The molecular formula is C25H21Br2Cl2FN2O4. The number of imide groups is 1. The fourth-order valence-electron chi connectivity index (χ4n) is 4.69. The number of benzene rings is 2. The van der Waals surface area contributed by atoms with Crippen LogP contribution in [0.1, 0.15) is 40.0 Å². The van der Waals surface area contributed by atoms with E-state index in [2.05, 4.69) is 31.9 Å². The van der Waals surface area contributed by atoms with E-state index in [1.807, 2.05) is 0 Å². The van der Waals surface area contributed by atoms with Crippen LogP contribution in [0.5, 0.6) is 0 Å². The van der Waals surface area contributed by atoms with E-state index in [4.69, 9.17) is 23.2 Å². The molecule has 6 nitrogen and oxygen atoms in total. The molecule has 36 heavy (non-hydrogen) atoms. The highest BCUT2D eigenvalue weighted by Gasteiger charge is 2.56. The molecule has 1 aliphatic heterocycles. The Bertz CT molecular complexity index is 1170. The summed E-state index contributed by atoms with van der Waals surface area (Å²) in [4.78, 5) is 54.7. The molecule has 3 amide bonds. The molecule has 0 aromatic heterocycles. The molecule has 0 radical (unpaired) electrons. The molecule has 2 aliphatic rings. The van der Waals surface area contributed by atoms with Crippen molar-refractivity contribution in [2.45, 2.75) is 35.0 Å². The Morgan fingerprint density at radius 1 is 1.00 bits per heavy atom. The number of ketones is 1. The van der Waals surface area contributed by atoms with Crippen LogP contribution in [0.3, 0.4) is 0 Å². The molecule has 4 rings (SSSR count). The van der Waals surface area contributed by atoms with E-state index >= 15 is 0 Å². The summed E-state index contributed by atoms with van der Waals surface area (Å²) in [6.07, 6.45) is 0.728. The number of carbonyl (C=O) groups is 4. The summed E-state index contributed by atoms with van der Waals surface area (Å²) in [6, 6.07) is 9.71. The number of carbonyl (C=O) groups excluding carboxylic acids is 4. The van der Waals surface area contributed by atoms with Gasteiger partial charge in [-0.1, -0.05) is 55.6 Å². The van der Waals surface area contributed by atoms with Crippen LogP contribution < -0.4 is 0 Å². The zero-order chi connectivity index (χ0) is 26.1. The lowest BCUT2D eigenvalue weighted by atomic mass is 9.81. The normalized spacial score (nSPS) is 24.4. The number of Topliss-reactive ketones (excluding diaryl/α,β-unsaturated/α-hetero) is 1. The molecule has 0 N–H and O–H groups in total. The Kier molecular flexibility index (Phi) is 8.54. The minimum Gasteiger partial charge on any atom is -0.292 e. The average Bonchev–Trinajstić information content (AvgIpc) is 3.08. The molecule has 11 heteroatoms. The van der Waals surface area contributed by atoms with Gasteiger partial charge in [0.15, 0.2) is 5.78 Å². The molecular weight excluding hydrogens is 642 g/mol. The van der Waals surface area contributed by atoms with Crippen LogP contribution in [-0.2, 0) is 9.59 Å². The Labute approximate surface area is 234 Å². The minimum atomic E-state index is -1.30. The second kappa shape index (κ2) is 11.3. The smallest absolute Gasteiger partial charge is 0.275 e. The third kappa shape index (κ3) is 5.12. The Morgan fingerprint density at radius 2 is 1.56 bits per heavy atom. The van der Waals surface area contributed by atoms with Gasteiger partial charge >= 0.3 is 0 Å². The van der Waals surface area contributed by atoms with Crippen molar-refractivity contribution in [2.75, 3.05) is 5.88 Å². The predicted octanol–water partition coefficient (Wildman–Crippen LogP) is 5.64. The molecule has 2 aromatic carbocycles. The van der Waals surface area contributed by atoms with E-state index in [0.717, 1.165) is 22.2 Å². The van der Waals surface area contributed by atoms with Gasteiger partial charge in [-0.15, -0.1) is 11.6 Å². The number of alkyl halides is 3. The maximum Gasteiger partial charge on any atom is 0.275 e. The fraction of sp³-hybridized carbons (Fsp3) is 0.360. The first-order valence-electron chi connectivity index (χ1n) is 11.2. The molecule has 1 saturated carbocycles. The number of rotatable bonds is 7. The zero-order valence-electron chi connectivity index (χ0n) is 18.8. The number of amides is 3. The van der Waals surface area contributed by atoms with Crippen molar-refractivity contribution in [1.29, 1.82) is 0 Å². The molecule has 2 fully saturated rings. The molecule has 1 saturated heterocycles. The topological polar surface area (TPSA) is 74.8 Å². The maximum absolute atomic E-state index is 13.9. The molecule has 5 atom stereocenters. The lowest BCUT2D eigenvalue weighted by molar-refractivity contribution is -0.156. The van der Waals surface area contributed by atoms with Crippen molar-refractivity contribution >= 4 is 78.6 Å². The third-order valence-corrected chi connectivity index (χ3v) is 9.81. The first-order chi connectivity index (χ1) is 17.1. The molecule has 0 spiro atoms. The monoisotopic (exact) mass is 660 g/mol. The van der Waals surface area contributed by atoms with Crippen molar-refractivity contribution in [3.63, 3.8) is 0 Å². The molecule has 1 heterocycles. The van der Waals surface area contributed by atoms with Gasteiger partial charge in [-0.25, -0.2) is 9.40 Å². The van der Waals surface area contributed by atoms with E-state index in [9.17, 15) is 23.6 Å². The van der Waals surface area contributed by atoms with Gasteiger partial charge in [0.1, 0.15) is 11.9 Å². The molecule has 2 aromatic rings. The Hall–Kier alpha value is -1.81. The standard InChI is InChI=1S/C25H21Br2Cl2FN2O4/c26-18-11-16-17(12-19(18)27)25(36)32(24(16)35)31(23(34)15-3-1-2-4-20(15)29)21(9-10-28)22(33)13-5-7-14(30)8-6-13/h1-8,16-19,21H,9-12H2/t16-,17+,18+,19-,21-/m0/s1. The highest BCUT2D eigenvalue weighted by Crippen LogP contribution is 2.44. The summed E-state index contributed by atoms with van der Waals surface area (Å²) in [6.45, 7) is 0. The van der Waals surface area contributed by atoms with Crippen molar-refractivity contribution in [1.82, 2.24) is 10.0 Å². The van der Waals surface area contributed by atoms with Crippen LogP contribution in [-0.4, -0.2) is 55.1 Å². The highest BCUT2D eigenvalue weighted by atomic mass is 79.9. The Balaban J connectivity index is 1.82. The average molecular weight is 663 g/mol. The molecule has 1 aliphatic carbocycles. The van der Waals surface area contributed by atoms with E-state index in [-0.39, 0.29) is 38.1 Å². The summed E-state index contributed by atoms with van der Waals surface area (Å²) < 4.78 is 13.5. The van der Waals surface area contributed by atoms with Crippen molar-refractivity contribution in [3.8, 4) is 0 Å². The van der Waals surface area contributed by atoms with Gasteiger partial charge in [-0.05, 0) is 55.7 Å². The first-order valence-corrected chi connectivity index (χ1v) is 14.0. The lowest BCUT2D eigenvalue weighted by Gasteiger charge is -2.36. The fourth-order valence-corrected chi connectivity index (χ4v) is 6.35. The van der Waals surface area contributed by atoms with Gasteiger partial charge in [-0.3, -0.25) is 19.2 Å². The lowest BCUT2D eigenvalue weighted by Crippen LogP contribution is -2.57. The van der Waals surface area contributed by atoms with Crippen LogP contribution in [0.25, 0.3) is 0 Å². The number of hydrogen-bond donors (Lipinski definition) is 0. The van der Waals surface area contributed by atoms with Gasteiger partial charge in [-0.2, -0.15) is 5.01 Å². The predicted molar refractivity (Wildman–Crippen MR) is 141 cm³/mol. The van der Waals surface area contributed by atoms with E-state index in [0.29, 0.717) is 12.8 Å². The summed E-state index contributed by atoms with van der Waals surface area (Å²) >= 11 is 19.4. The van der Waals surface area contributed by atoms with Crippen LogP contribution in [0, 0.1) is 17.7 Å². The van der Waals surface area contributed by atoms with Gasteiger partial charge in [0.05, 0.1) is 22.4 Å². The van der Waals surface area contributed by atoms with Crippen molar-refractivity contribution in [3.05, 3.63) is 70.5 Å². The summed E-state index contributed by atoms with van der Waals surface area (Å²) in [5.41, 5.74) is 0.138. The van der Waals surface area contributed by atoms with Gasteiger partial charge < -0.3 is 0 Å². The number of fused-ring (bicyclic) bond motifs is 1. The van der Waals surface area contributed by atoms with Gasteiger partial charge in [0.25, 0.3) is 17.7 Å². The maximum atomic E-state index is 13.9. The second-order valence-electron chi connectivity index (χ2n) is 8.70. The van der Waals surface area contributed by atoms with E-state index in [1.165, 1.54) is 24.3 Å². The summed E-state index contributed by atoms with van der Waals surface area (Å²) in [7, 11) is 0. The van der Waals surface area contributed by atoms with Crippen molar-refractivity contribution in [2.24, 2.45) is 11.8 Å². The van der Waals surface area contributed by atoms with Crippen LogP contribution in [0.2, 0.25) is 5.02 Å². The molecule has 0 bridgehead atoms. The van der Waals surface area contributed by atoms with Crippen molar-refractivity contribution < 1.29 is 23.6 Å². The SMILES string of the molecule is O=C(c1ccc(F)cc1)[C@H](CCCl)N(C(=O)c1ccccc1Cl)N1C(=O)[C@H]2C[C@@H](Br)[C@@H](Br)C[C@H]2C1=O. The molecule has 0 unspecified atom stereocenters. The van der Waals surface area contributed by atoms with Crippen LogP contribution in [0.4, 0.5) is 4.39 Å². The van der Waals surface area contributed by atoms with Gasteiger partial charge in [0, 0.05) is 21.1 Å². The minimum absolute atomic E-state index is 0.0258. The van der Waals surface area contributed by atoms with Crippen LogP contribution >= 0.6 is 55.1 Å². The van der Waals surface area contributed by atoms with E-state index < -0.39 is 47.2 Å². The third-order valence-electron chi connectivity index (χ3n) is 6.53. The number of nitrogens with zero attached hydrogens (tertiary/aromatic N) is 2. The number of halogens is 5. The first kappa shape index (κ1) is 27.2. The summed E-state index contributed by atoms with van der Waals surface area (Å²) in [5.74, 6) is -4.33. The number of hydrazine groups is 1. The summed E-state index contributed by atoms with van der Waals surface area (Å²) in [5, 5.41) is 1.82. The van der Waals surface area contributed by atoms with Crippen LogP contribution in [0.15, 0.2) is 48.5 Å². The highest BCUT2D eigenvalue weighted by molar-refractivity contribution is 9.12. The quantitative estimate of drug-likeness (QED) is 0.219. The number of hydrogen-bond acceptors (Lipinski definition) is 4. The zero-order valence-corrected chi connectivity index (χ0v) is 23.4. The second-order valence-corrected chi connectivity index (χ2v) is 11.8. The molecule has 190 valence electrons. The van der Waals surface area contributed by atoms with E-state index in [1.54, 1.807) is 12.1 Å².